The zero-order valence-electron chi connectivity index (χ0n) is 9.75. The number of nitrogen functional groups attached to an aromatic ring is 1. The number of anilines is 1. The van der Waals surface area contributed by atoms with Gasteiger partial charge in [0.15, 0.2) is 11.4 Å². The predicted molar refractivity (Wildman–Crippen MR) is 63.7 cm³/mol. The Labute approximate surface area is 109 Å². The van der Waals surface area contributed by atoms with Crippen molar-refractivity contribution < 1.29 is 22.1 Å². The van der Waals surface area contributed by atoms with Gasteiger partial charge in [0.25, 0.3) is 0 Å². The summed E-state index contributed by atoms with van der Waals surface area (Å²) in [7, 11) is 0. The molecular weight excluding hydrogens is 276 g/mol. The van der Waals surface area contributed by atoms with Crippen LogP contribution in [0.2, 0.25) is 0 Å². The highest BCUT2D eigenvalue weighted by Crippen LogP contribution is 2.37. The third kappa shape index (κ3) is 1.70. The van der Waals surface area contributed by atoms with Crippen molar-refractivity contribution in [2.75, 3.05) is 5.73 Å². The van der Waals surface area contributed by atoms with E-state index in [0.717, 1.165) is 6.07 Å². The molecule has 0 unspecified atom stereocenters. The van der Waals surface area contributed by atoms with Crippen molar-refractivity contribution in [3.05, 3.63) is 47.5 Å². The highest BCUT2D eigenvalue weighted by molar-refractivity contribution is 6.00. The molecule has 1 aromatic heterocycles. The molecule has 0 aliphatic heterocycles. The Balaban J connectivity index is 2.46. The average molecular weight is 282 g/mol. The van der Waals surface area contributed by atoms with E-state index in [4.69, 9.17) is 10.3 Å². The minimum atomic E-state index is -1.24. The van der Waals surface area contributed by atoms with Crippen LogP contribution in [-0.2, 0) is 0 Å². The molecule has 0 spiro atoms. The van der Waals surface area contributed by atoms with Crippen LogP contribution >= 0.6 is 0 Å². The first-order valence-corrected chi connectivity index (χ1v) is 5.47. The molecule has 7 heteroatoms. The number of nitrogens with zero attached hydrogens (tertiary/aromatic N) is 1. The second-order valence-electron chi connectivity index (χ2n) is 4.11. The summed E-state index contributed by atoms with van der Waals surface area (Å²) < 4.78 is 59.3. The first kappa shape index (κ1) is 12.5. The standard InChI is InChI=1S/C13H6F4N2O/c14-5-3-7(16)10(8(17)4-5)11-6(15)1-2-9-12(11)13(18)19-20-9/h1-4H,(H2,18,19). The molecule has 2 N–H and O–H groups in total. The molecule has 0 radical (unpaired) electrons. The zero-order chi connectivity index (χ0) is 14.4. The number of halogens is 4. The van der Waals surface area contributed by atoms with Crippen molar-refractivity contribution in [1.29, 1.82) is 0 Å². The molecule has 0 saturated heterocycles. The summed E-state index contributed by atoms with van der Waals surface area (Å²) >= 11 is 0. The lowest BCUT2D eigenvalue weighted by atomic mass is 9.99. The van der Waals surface area contributed by atoms with Crippen molar-refractivity contribution >= 4 is 16.8 Å². The normalized spacial score (nSPS) is 11.2. The molecule has 102 valence electrons. The second-order valence-corrected chi connectivity index (χ2v) is 4.11. The van der Waals surface area contributed by atoms with Crippen LogP contribution in [0.3, 0.4) is 0 Å². The smallest absolute Gasteiger partial charge is 0.175 e. The molecular formula is C13H6F4N2O. The number of benzene rings is 2. The first-order valence-electron chi connectivity index (χ1n) is 5.47. The summed E-state index contributed by atoms with van der Waals surface area (Å²) in [5.74, 6) is -4.71. The fourth-order valence-corrected chi connectivity index (χ4v) is 2.06. The van der Waals surface area contributed by atoms with E-state index in [1.54, 1.807) is 0 Å². The summed E-state index contributed by atoms with van der Waals surface area (Å²) in [5, 5.41) is 3.36. The van der Waals surface area contributed by atoms with Crippen LogP contribution in [0.1, 0.15) is 0 Å². The Morgan fingerprint density at radius 1 is 0.900 bits per heavy atom. The Bertz CT molecular complexity index is 806. The Morgan fingerprint density at radius 2 is 1.55 bits per heavy atom. The molecule has 0 aliphatic rings. The largest absolute Gasteiger partial charge is 0.380 e. The summed E-state index contributed by atoms with van der Waals surface area (Å²) in [4.78, 5) is 0. The van der Waals surface area contributed by atoms with E-state index in [2.05, 4.69) is 5.16 Å². The lowest BCUT2D eigenvalue weighted by molar-refractivity contribution is 0.460. The summed E-state index contributed by atoms with van der Waals surface area (Å²) in [6.07, 6.45) is 0. The molecule has 0 bridgehead atoms. The summed E-state index contributed by atoms with van der Waals surface area (Å²) in [6, 6.07) is 3.11. The summed E-state index contributed by atoms with van der Waals surface area (Å²) in [5.41, 5.74) is 4.43. The highest BCUT2D eigenvalue weighted by Gasteiger charge is 2.23. The predicted octanol–water partition coefficient (Wildman–Crippen LogP) is 3.63. The molecule has 0 amide bonds. The molecule has 0 saturated carbocycles. The van der Waals surface area contributed by atoms with E-state index in [1.165, 1.54) is 6.07 Å². The van der Waals surface area contributed by atoms with Gasteiger partial charge in [-0.15, -0.1) is 0 Å². The van der Waals surface area contributed by atoms with Gasteiger partial charge in [0.2, 0.25) is 0 Å². The SMILES string of the molecule is Nc1noc2ccc(F)c(-c3c(F)cc(F)cc3F)c12. The molecule has 2 aromatic carbocycles. The van der Waals surface area contributed by atoms with Gasteiger partial charge < -0.3 is 10.3 Å². The van der Waals surface area contributed by atoms with Gasteiger partial charge in [-0.3, -0.25) is 0 Å². The lowest BCUT2D eigenvalue weighted by Gasteiger charge is -2.08. The Kier molecular flexibility index (Phi) is 2.63. The molecule has 20 heavy (non-hydrogen) atoms. The van der Waals surface area contributed by atoms with Gasteiger partial charge in [0.05, 0.1) is 10.9 Å². The number of hydrogen-bond donors (Lipinski definition) is 1. The zero-order valence-corrected chi connectivity index (χ0v) is 9.75. The quantitative estimate of drug-likeness (QED) is 0.693. The van der Waals surface area contributed by atoms with Crippen LogP contribution in [-0.4, -0.2) is 5.16 Å². The van der Waals surface area contributed by atoms with Crippen LogP contribution in [0.15, 0.2) is 28.8 Å². The number of hydrogen-bond acceptors (Lipinski definition) is 3. The van der Waals surface area contributed by atoms with Gasteiger partial charge >= 0.3 is 0 Å². The van der Waals surface area contributed by atoms with Crippen LogP contribution in [0.5, 0.6) is 0 Å². The van der Waals surface area contributed by atoms with Crippen molar-refractivity contribution in [2.45, 2.75) is 0 Å². The fraction of sp³-hybridized carbons (Fsp3) is 0. The molecule has 3 aromatic rings. The van der Waals surface area contributed by atoms with Crippen LogP contribution in [0, 0.1) is 23.3 Å². The van der Waals surface area contributed by atoms with E-state index in [9.17, 15) is 17.6 Å². The topological polar surface area (TPSA) is 52.0 Å². The minimum Gasteiger partial charge on any atom is -0.380 e. The van der Waals surface area contributed by atoms with Crippen molar-refractivity contribution in [1.82, 2.24) is 5.16 Å². The van der Waals surface area contributed by atoms with Crippen molar-refractivity contribution in [3.8, 4) is 11.1 Å². The Morgan fingerprint density at radius 3 is 2.20 bits per heavy atom. The molecule has 1 heterocycles. The summed E-state index contributed by atoms with van der Waals surface area (Å²) in [6.45, 7) is 0. The Hall–Kier alpha value is -2.57. The van der Waals surface area contributed by atoms with Gasteiger partial charge in [-0.25, -0.2) is 17.6 Å². The highest BCUT2D eigenvalue weighted by atomic mass is 19.1. The third-order valence-electron chi connectivity index (χ3n) is 2.87. The fourth-order valence-electron chi connectivity index (χ4n) is 2.06. The number of fused-ring (bicyclic) bond motifs is 1. The van der Waals surface area contributed by atoms with E-state index < -0.39 is 34.4 Å². The average Bonchev–Trinajstić information content (AvgIpc) is 2.73. The third-order valence-corrected chi connectivity index (χ3v) is 2.87. The van der Waals surface area contributed by atoms with Gasteiger partial charge in [-0.1, -0.05) is 5.16 Å². The second kappa shape index (κ2) is 4.22. The number of nitrogens with two attached hydrogens (primary N) is 1. The van der Waals surface area contributed by atoms with Crippen LogP contribution < -0.4 is 5.73 Å². The maximum atomic E-state index is 14.0. The maximum Gasteiger partial charge on any atom is 0.175 e. The van der Waals surface area contributed by atoms with E-state index in [1.807, 2.05) is 0 Å². The number of aromatic nitrogens is 1. The van der Waals surface area contributed by atoms with Crippen LogP contribution in [0.25, 0.3) is 22.1 Å². The molecule has 0 aliphatic carbocycles. The molecule has 3 rings (SSSR count). The van der Waals surface area contributed by atoms with Gasteiger partial charge in [-0.2, -0.15) is 0 Å². The van der Waals surface area contributed by atoms with Crippen molar-refractivity contribution in [3.63, 3.8) is 0 Å². The molecule has 0 atom stereocenters. The van der Waals surface area contributed by atoms with E-state index >= 15 is 0 Å². The monoisotopic (exact) mass is 282 g/mol. The van der Waals surface area contributed by atoms with E-state index in [-0.39, 0.29) is 16.8 Å². The lowest BCUT2D eigenvalue weighted by Crippen LogP contribution is -1.97. The van der Waals surface area contributed by atoms with Crippen molar-refractivity contribution in [2.24, 2.45) is 0 Å². The first-order chi connectivity index (χ1) is 9.49. The number of rotatable bonds is 1. The van der Waals surface area contributed by atoms with Gasteiger partial charge in [0.1, 0.15) is 23.3 Å². The molecule has 0 fully saturated rings. The molecule has 3 nitrogen and oxygen atoms in total. The van der Waals surface area contributed by atoms with Crippen LogP contribution in [0.4, 0.5) is 23.4 Å². The minimum absolute atomic E-state index is 0.0607. The van der Waals surface area contributed by atoms with Gasteiger partial charge in [-0.05, 0) is 12.1 Å². The van der Waals surface area contributed by atoms with E-state index in [0.29, 0.717) is 12.1 Å². The van der Waals surface area contributed by atoms with Gasteiger partial charge in [0, 0.05) is 17.7 Å². The maximum absolute atomic E-state index is 14.0.